The number of carboxylic acids is 1. The Balaban J connectivity index is 2.20. The molecule has 2 rings (SSSR count). The third-order valence-electron chi connectivity index (χ3n) is 5.00. The first-order valence-electron chi connectivity index (χ1n) is 6.56. The maximum Gasteiger partial charge on any atom is 0.306 e. The summed E-state index contributed by atoms with van der Waals surface area (Å²) < 4.78 is 0. The van der Waals surface area contributed by atoms with E-state index in [1.165, 1.54) is 5.57 Å². The minimum absolute atomic E-state index is 0.182. The number of fused-ring (bicyclic) bond motifs is 1. The number of allylic oxidation sites excluding steroid dienone is 4. The molecule has 1 saturated carbocycles. The van der Waals surface area contributed by atoms with Crippen molar-refractivity contribution in [2.75, 3.05) is 0 Å². The zero-order valence-electron chi connectivity index (χ0n) is 10.9. The van der Waals surface area contributed by atoms with Crippen LogP contribution in [0.3, 0.4) is 0 Å². The predicted octanol–water partition coefficient (Wildman–Crippen LogP) is 3.65. The van der Waals surface area contributed by atoms with Crippen LogP contribution in [0.25, 0.3) is 0 Å². The monoisotopic (exact) mass is 234 g/mol. The second-order valence-electron chi connectivity index (χ2n) is 5.91. The summed E-state index contributed by atoms with van der Waals surface area (Å²) in [7, 11) is 0. The van der Waals surface area contributed by atoms with Gasteiger partial charge in [0.05, 0.1) is 5.92 Å². The van der Waals surface area contributed by atoms with E-state index in [0.717, 1.165) is 19.3 Å². The third-order valence-corrected chi connectivity index (χ3v) is 5.00. The van der Waals surface area contributed by atoms with Gasteiger partial charge >= 0.3 is 5.97 Å². The zero-order chi connectivity index (χ0) is 12.6. The van der Waals surface area contributed by atoms with Crippen molar-refractivity contribution in [1.29, 1.82) is 0 Å². The zero-order valence-corrected chi connectivity index (χ0v) is 10.9. The van der Waals surface area contributed by atoms with Crippen molar-refractivity contribution < 1.29 is 9.90 Å². The highest BCUT2D eigenvalue weighted by Gasteiger charge is 2.42. The van der Waals surface area contributed by atoms with E-state index in [4.69, 9.17) is 5.11 Å². The molecule has 2 aliphatic rings. The maximum absolute atomic E-state index is 11.1. The summed E-state index contributed by atoms with van der Waals surface area (Å²) in [6.07, 6.45) is 9.74. The molecule has 0 aromatic rings. The Hall–Kier alpha value is -1.05. The Morgan fingerprint density at radius 1 is 1.59 bits per heavy atom. The lowest BCUT2D eigenvalue weighted by atomic mass is 9.58. The molecule has 0 saturated heterocycles. The Morgan fingerprint density at radius 3 is 2.94 bits per heavy atom. The molecule has 94 valence electrons. The number of rotatable bonds is 2. The fraction of sp³-hybridized carbons (Fsp3) is 0.667. The maximum atomic E-state index is 11.1. The first kappa shape index (κ1) is 12.4. The van der Waals surface area contributed by atoms with Gasteiger partial charge in [0.1, 0.15) is 0 Å². The summed E-state index contributed by atoms with van der Waals surface area (Å²) in [6, 6.07) is 0. The molecule has 0 aromatic carbocycles. The van der Waals surface area contributed by atoms with Gasteiger partial charge in [0.2, 0.25) is 0 Å². The molecule has 17 heavy (non-hydrogen) atoms. The number of hydrogen-bond acceptors (Lipinski definition) is 1. The number of aliphatic carboxylic acids is 1. The minimum Gasteiger partial charge on any atom is -0.481 e. The third kappa shape index (κ3) is 2.05. The highest BCUT2D eigenvalue weighted by atomic mass is 16.4. The summed E-state index contributed by atoms with van der Waals surface area (Å²) in [5.41, 5.74) is 1.70. The van der Waals surface area contributed by atoms with Gasteiger partial charge < -0.3 is 5.11 Å². The highest BCUT2D eigenvalue weighted by molar-refractivity contribution is 5.69. The van der Waals surface area contributed by atoms with Gasteiger partial charge in [0.25, 0.3) is 0 Å². The van der Waals surface area contributed by atoms with Crippen molar-refractivity contribution in [2.45, 2.75) is 40.0 Å². The van der Waals surface area contributed by atoms with Crippen LogP contribution in [0.1, 0.15) is 40.0 Å². The molecule has 2 nitrogen and oxygen atoms in total. The molecule has 4 atom stereocenters. The van der Waals surface area contributed by atoms with Crippen molar-refractivity contribution in [2.24, 2.45) is 23.2 Å². The number of carboxylic acid groups (broad SMARTS) is 1. The van der Waals surface area contributed by atoms with Crippen molar-refractivity contribution in [1.82, 2.24) is 0 Å². The average Bonchev–Trinajstić information content (AvgIpc) is 2.29. The Morgan fingerprint density at radius 2 is 2.29 bits per heavy atom. The van der Waals surface area contributed by atoms with Crippen molar-refractivity contribution >= 4 is 5.97 Å². The van der Waals surface area contributed by atoms with E-state index >= 15 is 0 Å². The van der Waals surface area contributed by atoms with E-state index in [1.807, 2.05) is 6.92 Å². The van der Waals surface area contributed by atoms with Gasteiger partial charge in [-0.3, -0.25) is 4.79 Å². The normalized spacial score (nSPS) is 38.2. The highest BCUT2D eigenvalue weighted by Crippen LogP contribution is 2.51. The van der Waals surface area contributed by atoms with Crippen molar-refractivity contribution in [3.63, 3.8) is 0 Å². The van der Waals surface area contributed by atoms with Crippen LogP contribution in [0.5, 0.6) is 0 Å². The Labute approximate surface area is 103 Å². The lowest BCUT2D eigenvalue weighted by molar-refractivity contribution is -0.143. The molecule has 4 unspecified atom stereocenters. The molecule has 1 fully saturated rings. The van der Waals surface area contributed by atoms with Gasteiger partial charge in [0, 0.05) is 0 Å². The Kier molecular flexibility index (Phi) is 3.15. The Bertz CT molecular complexity index is 380. The molecule has 0 radical (unpaired) electrons. The first-order chi connectivity index (χ1) is 7.95. The van der Waals surface area contributed by atoms with Gasteiger partial charge in [-0.1, -0.05) is 44.6 Å². The summed E-state index contributed by atoms with van der Waals surface area (Å²) in [5.74, 6) is -0.0218. The van der Waals surface area contributed by atoms with Crippen LogP contribution in [-0.2, 0) is 4.79 Å². The average molecular weight is 234 g/mol. The fourth-order valence-corrected chi connectivity index (χ4v) is 3.34. The van der Waals surface area contributed by atoms with E-state index in [-0.39, 0.29) is 11.3 Å². The SMILES string of the molecule is CC(C(=O)O)C1CCC2=CC=CC(C)C2(C)C1. The molecule has 0 spiro atoms. The topological polar surface area (TPSA) is 37.3 Å². The summed E-state index contributed by atoms with van der Waals surface area (Å²) in [4.78, 5) is 11.1. The summed E-state index contributed by atoms with van der Waals surface area (Å²) in [6.45, 7) is 6.40. The van der Waals surface area contributed by atoms with E-state index in [9.17, 15) is 4.79 Å². The van der Waals surface area contributed by atoms with E-state index in [1.54, 1.807) is 0 Å². The van der Waals surface area contributed by atoms with Crippen LogP contribution in [0, 0.1) is 23.2 Å². The standard InChI is InChI=1S/C15H22O2/c1-10-5-4-6-13-8-7-12(9-15(10,13)3)11(2)14(16)17/h4-6,10-12H,7-9H2,1-3H3,(H,16,17). The molecular weight excluding hydrogens is 212 g/mol. The molecule has 0 bridgehead atoms. The van der Waals surface area contributed by atoms with E-state index in [0.29, 0.717) is 11.8 Å². The first-order valence-corrected chi connectivity index (χ1v) is 6.56. The molecular formula is C15H22O2. The molecule has 2 aliphatic carbocycles. The van der Waals surface area contributed by atoms with Crippen LogP contribution in [0.4, 0.5) is 0 Å². The molecule has 0 aromatic heterocycles. The molecule has 0 aliphatic heterocycles. The molecule has 0 heterocycles. The van der Waals surface area contributed by atoms with Crippen LogP contribution < -0.4 is 0 Å². The second-order valence-corrected chi connectivity index (χ2v) is 5.91. The number of hydrogen-bond donors (Lipinski definition) is 1. The summed E-state index contributed by atoms with van der Waals surface area (Å²) >= 11 is 0. The summed E-state index contributed by atoms with van der Waals surface area (Å²) in [5, 5.41) is 9.15. The van der Waals surface area contributed by atoms with Gasteiger partial charge in [0.15, 0.2) is 0 Å². The van der Waals surface area contributed by atoms with Gasteiger partial charge in [-0.25, -0.2) is 0 Å². The van der Waals surface area contributed by atoms with E-state index in [2.05, 4.69) is 32.1 Å². The van der Waals surface area contributed by atoms with Gasteiger partial charge in [-0.05, 0) is 36.5 Å². The van der Waals surface area contributed by atoms with Gasteiger partial charge in [-0.15, -0.1) is 0 Å². The van der Waals surface area contributed by atoms with Crippen LogP contribution in [-0.4, -0.2) is 11.1 Å². The smallest absolute Gasteiger partial charge is 0.306 e. The molecule has 2 heteroatoms. The van der Waals surface area contributed by atoms with Crippen LogP contribution >= 0.6 is 0 Å². The van der Waals surface area contributed by atoms with E-state index < -0.39 is 5.97 Å². The molecule has 0 amide bonds. The lowest BCUT2D eigenvalue weighted by Crippen LogP contribution is -2.38. The van der Waals surface area contributed by atoms with Gasteiger partial charge in [-0.2, -0.15) is 0 Å². The second kappa shape index (κ2) is 4.32. The predicted molar refractivity (Wildman–Crippen MR) is 68.6 cm³/mol. The quantitative estimate of drug-likeness (QED) is 0.792. The fourth-order valence-electron chi connectivity index (χ4n) is 3.34. The van der Waals surface area contributed by atoms with Crippen LogP contribution in [0.15, 0.2) is 23.8 Å². The van der Waals surface area contributed by atoms with Crippen molar-refractivity contribution in [3.8, 4) is 0 Å². The lowest BCUT2D eigenvalue weighted by Gasteiger charge is -2.46. The van der Waals surface area contributed by atoms with Crippen LogP contribution in [0.2, 0.25) is 0 Å². The largest absolute Gasteiger partial charge is 0.481 e. The molecule has 1 N–H and O–H groups in total. The minimum atomic E-state index is -0.648. The van der Waals surface area contributed by atoms with Crippen molar-refractivity contribution in [3.05, 3.63) is 23.8 Å². The number of carbonyl (C=O) groups is 1.